The van der Waals surface area contributed by atoms with Crippen molar-refractivity contribution in [3.8, 4) is 0 Å². The molecule has 0 spiro atoms. The van der Waals surface area contributed by atoms with E-state index in [1.807, 2.05) is 0 Å². The molecule has 0 saturated heterocycles. The van der Waals surface area contributed by atoms with E-state index in [0.717, 1.165) is 30.9 Å². The first-order valence-corrected chi connectivity index (χ1v) is 10.5. The summed E-state index contributed by atoms with van der Waals surface area (Å²) in [4.78, 5) is 12.2. The number of carbonyl (C=O) groups excluding carboxylic acids is 1. The second-order valence-electron chi connectivity index (χ2n) is 6.64. The largest absolute Gasteiger partial charge is 0.300 e. The van der Waals surface area contributed by atoms with E-state index in [2.05, 4.69) is 13.8 Å². The van der Waals surface area contributed by atoms with E-state index >= 15 is 0 Å². The fraction of sp³-hybridized carbons (Fsp3) is 0.944. The molecule has 21 heavy (non-hydrogen) atoms. The molecule has 0 aromatic heterocycles. The number of rotatable bonds is 11. The van der Waals surface area contributed by atoms with Crippen molar-refractivity contribution in [1.82, 2.24) is 0 Å². The fourth-order valence-electron chi connectivity index (χ4n) is 3.55. The predicted octanol–water partition coefficient (Wildman–Crippen LogP) is 4.88. The van der Waals surface area contributed by atoms with Gasteiger partial charge in [-0.3, -0.25) is 9.00 Å². The van der Waals surface area contributed by atoms with Gasteiger partial charge in [-0.2, -0.15) is 0 Å². The van der Waals surface area contributed by atoms with Crippen LogP contribution in [0.25, 0.3) is 0 Å². The van der Waals surface area contributed by atoms with Crippen LogP contribution in [0.5, 0.6) is 0 Å². The molecule has 0 N–H and O–H groups in total. The highest BCUT2D eigenvalue weighted by Gasteiger charge is 2.26. The molecule has 1 aliphatic rings. The minimum Gasteiger partial charge on any atom is -0.300 e. The highest BCUT2D eigenvalue weighted by Crippen LogP contribution is 2.36. The van der Waals surface area contributed by atoms with Gasteiger partial charge in [-0.15, -0.1) is 0 Å². The van der Waals surface area contributed by atoms with Crippen molar-refractivity contribution in [2.24, 2.45) is 11.8 Å². The topological polar surface area (TPSA) is 34.1 Å². The molecule has 3 unspecified atom stereocenters. The average Bonchev–Trinajstić information content (AvgIpc) is 2.46. The van der Waals surface area contributed by atoms with E-state index in [1.54, 1.807) is 0 Å². The van der Waals surface area contributed by atoms with Crippen molar-refractivity contribution >= 4 is 16.6 Å². The second kappa shape index (κ2) is 11.4. The summed E-state index contributed by atoms with van der Waals surface area (Å²) in [7, 11) is -0.707. The van der Waals surface area contributed by atoms with E-state index < -0.39 is 10.8 Å². The van der Waals surface area contributed by atoms with Crippen LogP contribution in [0.4, 0.5) is 0 Å². The van der Waals surface area contributed by atoms with E-state index in [-0.39, 0.29) is 0 Å². The molecule has 0 amide bonds. The quantitative estimate of drug-likeness (QED) is 0.544. The summed E-state index contributed by atoms with van der Waals surface area (Å²) in [6, 6.07) is 0. The van der Waals surface area contributed by atoms with E-state index in [4.69, 9.17) is 0 Å². The highest BCUT2D eigenvalue weighted by atomic mass is 32.2. The third-order valence-electron chi connectivity index (χ3n) is 4.74. The van der Waals surface area contributed by atoms with Crippen LogP contribution in [0, 0.1) is 11.8 Å². The summed E-state index contributed by atoms with van der Waals surface area (Å²) in [6.07, 6.45) is 12.4. The van der Waals surface area contributed by atoms with Gasteiger partial charge in [0.2, 0.25) is 0 Å². The lowest BCUT2D eigenvalue weighted by atomic mass is 9.74. The van der Waals surface area contributed by atoms with Crippen LogP contribution in [-0.4, -0.2) is 21.5 Å². The Morgan fingerprint density at radius 1 is 1.00 bits per heavy atom. The maximum atomic E-state index is 12.2. The zero-order valence-corrected chi connectivity index (χ0v) is 14.9. The maximum Gasteiger partial charge on any atom is 0.133 e. The van der Waals surface area contributed by atoms with Crippen molar-refractivity contribution in [2.45, 2.75) is 84.5 Å². The van der Waals surface area contributed by atoms with Gasteiger partial charge in [0.1, 0.15) is 5.78 Å². The number of hydrogen-bond acceptors (Lipinski definition) is 2. The third kappa shape index (κ3) is 8.13. The fourth-order valence-corrected chi connectivity index (χ4v) is 4.68. The number of carbonyl (C=O) groups is 1. The first kappa shape index (κ1) is 18.9. The number of Topliss-reactive ketones (excluding diaryl/α,β-unsaturated/α-hetero) is 1. The van der Waals surface area contributed by atoms with Crippen LogP contribution in [0.1, 0.15) is 84.5 Å². The van der Waals surface area contributed by atoms with Gasteiger partial charge in [0.05, 0.1) is 0 Å². The van der Waals surface area contributed by atoms with Gasteiger partial charge in [0.15, 0.2) is 0 Å². The van der Waals surface area contributed by atoms with Gasteiger partial charge >= 0.3 is 0 Å². The molecule has 0 aliphatic heterocycles. The molecule has 3 atom stereocenters. The Bertz CT molecular complexity index is 314. The summed E-state index contributed by atoms with van der Waals surface area (Å²) in [6.45, 7) is 4.31. The lowest BCUT2D eigenvalue weighted by molar-refractivity contribution is -0.120. The van der Waals surface area contributed by atoms with Crippen molar-refractivity contribution < 1.29 is 9.00 Å². The first-order chi connectivity index (χ1) is 10.2. The summed E-state index contributed by atoms with van der Waals surface area (Å²) >= 11 is 0. The zero-order chi connectivity index (χ0) is 15.5. The van der Waals surface area contributed by atoms with Crippen LogP contribution in [0.15, 0.2) is 0 Å². The van der Waals surface area contributed by atoms with Crippen LogP contribution in [-0.2, 0) is 15.6 Å². The summed E-state index contributed by atoms with van der Waals surface area (Å²) in [5.41, 5.74) is 0. The van der Waals surface area contributed by atoms with Gasteiger partial charge < -0.3 is 0 Å². The van der Waals surface area contributed by atoms with E-state index in [9.17, 15) is 9.00 Å². The van der Waals surface area contributed by atoms with Crippen molar-refractivity contribution in [3.63, 3.8) is 0 Å². The number of unbranched alkanes of at least 4 members (excludes halogenated alkanes) is 1. The van der Waals surface area contributed by atoms with Crippen molar-refractivity contribution in [1.29, 1.82) is 0 Å². The van der Waals surface area contributed by atoms with Crippen LogP contribution in [0.3, 0.4) is 0 Å². The monoisotopic (exact) mass is 314 g/mol. The molecule has 0 aromatic rings. The molecule has 0 aromatic carbocycles. The summed E-state index contributed by atoms with van der Waals surface area (Å²) < 4.78 is 11.6. The lowest BCUT2D eigenvalue weighted by Crippen LogP contribution is -2.22. The number of ketones is 1. The Balaban J connectivity index is 2.25. The molecular formula is C18H34O2S. The van der Waals surface area contributed by atoms with Gasteiger partial charge in [0, 0.05) is 35.1 Å². The molecule has 1 saturated carbocycles. The molecule has 1 rings (SSSR count). The molecule has 124 valence electrons. The summed E-state index contributed by atoms with van der Waals surface area (Å²) in [5, 5.41) is 0. The average molecular weight is 315 g/mol. The molecule has 1 fully saturated rings. The molecule has 0 bridgehead atoms. The minimum absolute atomic E-state index is 0.414. The third-order valence-corrected chi connectivity index (χ3v) is 6.35. The normalized spacial score (nSPS) is 23.9. The highest BCUT2D eigenvalue weighted by molar-refractivity contribution is 7.84. The summed E-state index contributed by atoms with van der Waals surface area (Å²) in [5.74, 6) is 3.34. The zero-order valence-electron chi connectivity index (χ0n) is 14.1. The smallest absolute Gasteiger partial charge is 0.133 e. The van der Waals surface area contributed by atoms with Crippen LogP contribution in [0.2, 0.25) is 0 Å². The Labute approximate surface area is 133 Å². The van der Waals surface area contributed by atoms with Gasteiger partial charge in [-0.25, -0.2) is 0 Å². The van der Waals surface area contributed by atoms with Crippen molar-refractivity contribution in [3.05, 3.63) is 0 Å². The molecule has 3 heteroatoms. The Morgan fingerprint density at radius 3 is 2.38 bits per heavy atom. The molecule has 1 aliphatic carbocycles. The molecular weight excluding hydrogens is 280 g/mol. The van der Waals surface area contributed by atoms with E-state index in [0.29, 0.717) is 23.9 Å². The first-order valence-electron chi connectivity index (χ1n) is 9.04. The SMILES string of the molecule is CCCCC1CCCCC1CC(=O)CCCS(=O)CCC. The molecule has 0 radical (unpaired) electrons. The Morgan fingerprint density at radius 2 is 1.71 bits per heavy atom. The second-order valence-corrected chi connectivity index (χ2v) is 8.34. The van der Waals surface area contributed by atoms with Crippen LogP contribution < -0.4 is 0 Å². The van der Waals surface area contributed by atoms with Crippen LogP contribution >= 0.6 is 0 Å². The Kier molecular flexibility index (Phi) is 10.2. The molecule has 2 nitrogen and oxygen atoms in total. The standard InChI is InChI=1S/C18H34O2S/c1-3-5-9-16-10-6-7-11-17(16)15-18(19)12-8-14-21(20)13-4-2/h16-17H,3-15H2,1-2H3. The van der Waals surface area contributed by atoms with Gasteiger partial charge in [0.25, 0.3) is 0 Å². The molecule has 0 heterocycles. The van der Waals surface area contributed by atoms with Gasteiger partial charge in [-0.05, 0) is 31.1 Å². The van der Waals surface area contributed by atoms with Gasteiger partial charge in [-0.1, -0.05) is 52.4 Å². The predicted molar refractivity (Wildman–Crippen MR) is 92.0 cm³/mol. The lowest BCUT2D eigenvalue weighted by Gasteiger charge is -2.31. The number of hydrogen-bond donors (Lipinski definition) is 0. The van der Waals surface area contributed by atoms with Crippen molar-refractivity contribution in [2.75, 3.05) is 11.5 Å². The maximum absolute atomic E-state index is 12.2. The Hall–Kier alpha value is -0.180. The van der Waals surface area contributed by atoms with E-state index in [1.165, 1.54) is 44.9 Å². The minimum atomic E-state index is -0.707.